The molecule has 0 fully saturated rings. The zero-order chi connectivity index (χ0) is 15.2. The Morgan fingerprint density at radius 2 is 1.90 bits per heavy atom. The fourth-order valence-electron chi connectivity index (χ4n) is 2.30. The van der Waals surface area contributed by atoms with E-state index in [0.717, 1.165) is 12.0 Å². The number of nitrogen functional groups attached to an aromatic ring is 1. The molecule has 0 aromatic heterocycles. The summed E-state index contributed by atoms with van der Waals surface area (Å²) in [5.74, 6) is 0.260. The largest absolute Gasteiger partial charge is 0.496 e. The summed E-state index contributed by atoms with van der Waals surface area (Å²) in [6.07, 6.45) is 0.796. The molecule has 1 unspecified atom stereocenters. The van der Waals surface area contributed by atoms with E-state index in [-0.39, 0.29) is 11.9 Å². The van der Waals surface area contributed by atoms with Gasteiger partial charge in [0.25, 0.3) is 5.91 Å². The molecule has 110 valence electrons. The van der Waals surface area contributed by atoms with E-state index in [0.29, 0.717) is 17.0 Å². The summed E-state index contributed by atoms with van der Waals surface area (Å²) in [6, 6.07) is 15.0. The van der Waals surface area contributed by atoms with E-state index in [2.05, 4.69) is 5.32 Å². The van der Waals surface area contributed by atoms with E-state index < -0.39 is 0 Å². The zero-order valence-electron chi connectivity index (χ0n) is 12.3. The lowest BCUT2D eigenvalue weighted by atomic mass is 10.0. The molecule has 0 radical (unpaired) electrons. The van der Waals surface area contributed by atoms with Crippen LogP contribution in [0.2, 0.25) is 0 Å². The van der Waals surface area contributed by atoms with Crippen molar-refractivity contribution in [2.75, 3.05) is 12.8 Å². The van der Waals surface area contributed by atoms with E-state index in [9.17, 15) is 4.79 Å². The second kappa shape index (κ2) is 6.79. The molecule has 0 spiro atoms. The number of nitrogens with one attached hydrogen (secondary N) is 1. The first kappa shape index (κ1) is 14.9. The van der Waals surface area contributed by atoms with E-state index in [1.807, 2.05) is 37.3 Å². The number of carbonyl (C=O) groups excluding carboxylic acids is 1. The van der Waals surface area contributed by atoms with Crippen molar-refractivity contribution in [3.05, 3.63) is 59.7 Å². The number of hydrogen-bond acceptors (Lipinski definition) is 3. The number of nitrogens with two attached hydrogens (primary N) is 1. The molecule has 0 saturated heterocycles. The molecule has 4 nitrogen and oxygen atoms in total. The number of benzene rings is 2. The van der Waals surface area contributed by atoms with E-state index >= 15 is 0 Å². The number of hydrogen-bond donors (Lipinski definition) is 2. The highest BCUT2D eigenvalue weighted by Crippen LogP contribution is 2.25. The number of carbonyl (C=O) groups is 1. The molecule has 0 heterocycles. The fourth-order valence-corrected chi connectivity index (χ4v) is 2.30. The van der Waals surface area contributed by atoms with Crippen LogP contribution in [0.25, 0.3) is 0 Å². The third-order valence-corrected chi connectivity index (χ3v) is 3.42. The van der Waals surface area contributed by atoms with Gasteiger partial charge in [-0.3, -0.25) is 4.79 Å². The fraction of sp³-hybridized carbons (Fsp3) is 0.235. The van der Waals surface area contributed by atoms with Crippen molar-refractivity contribution in [2.24, 2.45) is 0 Å². The molecule has 0 aliphatic rings. The van der Waals surface area contributed by atoms with Gasteiger partial charge in [0.2, 0.25) is 0 Å². The summed E-state index contributed by atoms with van der Waals surface area (Å²) in [6.45, 7) is 2.03. The standard InChI is InChI=1S/C17H20N2O2/c1-3-14(12-8-5-4-6-9-12)19-17(20)16-13(18)10-7-11-15(16)21-2/h4-11,14H,3,18H2,1-2H3,(H,19,20). The molecular weight excluding hydrogens is 264 g/mol. The summed E-state index contributed by atoms with van der Waals surface area (Å²) < 4.78 is 5.23. The SMILES string of the molecule is CCC(NC(=O)c1c(N)cccc1OC)c1ccccc1. The summed E-state index contributed by atoms with van der Waals surface area (Å²) in [7, 11) is 1.53. The smallest absolute Gasteiger partial charge is 0.257 e. The second-order valence-corrected chi connectivity index (χ2v) is 4.77. The maximum atomic E-state index is 12.5. The van der Waals surface area contributed by atoms with Crippen LogP contribution in [-0.2, 0) is 0 Å². The average Bonchev–Trinajstić information content (AvgIpc) is 2.52. The second-order valence-electron chi connectivity index (χ2n) is 4.77. The predicted molar refractivity (Wildman–Crippen MR) is 84.3 cm³/mol. The van der Waals surface area contributed by atoms with Crippen molar-refractivity contribution in [3.63, 3.8) is 0 Å². The Labute approximate surface area is 124 Å². The van der Waals surface area contributed by atoms with Crippen LogP contribution >= 0.6 is 0 Å². The van der Waals surface area contributed by atoms with Crippen LogP contribution in [0.5, 0.6) is 5.75 Å². The van der Waals surface area contributed by atoms with Crippen LogP contribution in [0.4, 0.5) is 5.69 Å². The van der Waals surface area contributed by atoms with Crippen LogP contribution in [0.15, 0.2) is 48.5 Å². The van der Waals surface area contributed by atoms with Crippen molar-refractivity contribution < 1.29 is 9.53 Å². The first-order valence-electron chi connectivity index (χ1n) is 6.95. The van der Waals surface area contributed by atoms with Gasteiger partial charge < -0.3 is 15.8 Å². The van der Waals surface area contributed by atoms with Crippen molar-refractivity contribution in [1.82, 2.24) is 5.32 Å². The molecule has 1 amide bonds. The van der Waals surface area contributed by atoms with Crippen molar-refractivity contribution >= 4 is 11.6 Å². The first-order valence-corrected chi connectivity index (χ1v) is 6.95. The van der Waals surface area contributed by atoms with Gasteiger partial charge in [-0.05, 0) is 24.1 Å². The Hall–Kier alpha value is -2.49. The third-order valence-electron chi connectivity index (χ3n) is 3.42. The number of methoxy groups -OCH3 is 1. The van der Waals surface area contributed by atoms with Crippen molar-refractivity contribution in [1.29, 1.82) is 0 Å². The highest BCUT2D eigenvalue weighted by molar-refractivity contribution is 6.02. The summed E-state index contributed by atoms with van der Waals surface area (Å²) in [5.41, 5.74) is 7.78. The Bertz CT molecular complexity index is 611. The Morgan fingerprint density at radius 3 is 2.52 bits per heavy atom. The van der Waals surface area contributed by atoms with Crippen LogP contribution in [0, 0.1) is 0 Å². The maximum absolute atomic E-state index is 12.5. The minimum atomic E-state index is -0.222. The van der Waals surface area contributed by atoms with Crippen molar-refractivity contribution in [3.8, 4) is 5.75 Å². The molecule has 0 aliphatic heterocycles. The van der Waals surface area contributed by atoms with Gasteiger partial charge in [-0.1, -0.05) is 43.3 Å². The van der Waals surface area contributed by atoms with E-state index in [1.165, 1.54) is 7.11 Å². The maximum Gasteiger partial charge on any atom is 0.257 e. The minimum absolute atomic E-state index is 0.0528. The van der Waals surface area contributed by atoms with Gasteiger partial charge in [-0.2, -0.15) is 0 Å². The van der Waals surface area contributed by atoms with Gasteiger partial charge in [-0.15, -0.1) is 0 Å². The lowest BCUT2D eigenvalue weighted by Crippen LogP contribution is -2.29. The molecule has 21 heavy (non-hydrogen) atoms. The van der Waals surface area contributed by atoms with Gasteiger partial charge in [0.05, 0.1) is 13.2 Å². The highest BCUT2D eigenvalue weighted by atomic mass is 16.5. The molecule has 1 atom stereocenters. The molecule has 0 aliphatic carbocycles. The van der Waals surface area contributed by atoms with Crippen molar-refractivity contribution in [2.45, 2.75) is 19.4 Å². The predicted octanol–water partition coefficient (Wildman–Crippen LogP) is 3.16. The van der Waals surface area contributed by atoms with Gasteiger partial charge in [-0.25, -0.2) is 0 Å². The Kier molecular flexibility index (Phi) is 4.82. The van der Waals surface area contributed by atoms with E-state index in [1.54, 1.807) is 18.2 Å². The highest BCUT2D eigenvalue weighted by Gasteiger charge is 2.19. The quantitative estimate of drug-likeness (QED) is 0.829. The Morgan fingerprint density at radius 1 is 1.19 bits per heavy atom. The van der Waals surface area contributed by atoms with Gasteiger partial charge in [0, 0.05) is 5.69 Å². The summed E-state index contributed by atoms with van der Waals surface area (Å²) in [4.78, 5) is 12.5. The van der Waals surface area contributed by atoms with Gasteiger partial charge >= 0.3 is 0 Å². The molecule has 3 N–H and O–H groups in total. The average molecular weight is 284 g/mol. The van der Waals surface area contributed by atoms with Gasteiger partial charge in [0.1, 0.15) is 11.3 Å². The van der Waals surface area contributed by atoms with Crippen LogP contribution < -0.4 is 15.8 Å². The number of amides is 1. The summed E-state index contributed by atoms with van der Waals surface area (Å²) in [5, 5.41) is 3.02. The van der Waals surface area contributed by atoms with Crippen LogP contribution in [0.3, 0.4) is 0 Å². The molecule has 2 rings (SSSR count). The van der Waals surface area contributed by atoms with Crippen LogP contribution in [0.1, 0.15) is 35.3 Å². The summed E-state index contributed by atoms with van der Waals surface area (Å²) >= 11 is 0. The normalized spacial score (nSPS) is 11.7. The lowest BCUT2D eigenvalue weighted by Gasteiger charge is -2.19. The minimum Gasteiger partial charge on any atom is -0.496 e. The molecule has 0 saturated carbocycles. The monoisotopic (exact) mass is 284 g/mol. The number of ether oxygens (including phenoxy) is 1. The molecule has 2 aromatic rings. The van der Waals surface area contributed by atoms with Crippen LogP contribution in [-0.4, -0.2) is 13.0 Å². The molecular formula is C17H20N2O2. The molecule has 4 heteroatoms. The van der Waals surface area contributed by atoms with Gasteiger partial charge in [0.15, 0.2) is 0 Å². The topological polar surface area (TPSA) is 64.4 Å². The first-order chi connectivity index (χ1) is 10.2. The van der Waals surface area contributed by atoms with E-state index in [4.69, 9.17) is 10.5 Å². The molecule has 2 aromatic carbocycles. The number of anilines is 1. The third kappa shape index (κ3) is 3.34. The number of rotatable bonds is 5. The lowest BCUT2D eigenvalue weighted by molar-refractivity contribution is 0.0933. The Balaban J connectivity index is 2.25. The molecule has 0 bridgehead atoms. The zero-order valence-corrected chi connectivity index (χ0v) is 12.3.